The van der Waals surface area contributed by atoms with Gasteiger partial charge in [0.2, 0.25) is 0 Å². The van der Waals surface area contributed by atoms with Crippen LogP contribution in [0.15, 0.2) is 41.3 Å². The minimum atomic E-state index is -3.89. The summed E-state index contributed by atoms with van der Waals surface area (Å²) in [5.74, 6) is 0.562. The van der Waals surface area contributed by atoms with Crippen LogP contribution >= 0.6 is 11.6 Å². The van der Waals surface area contributed by atoms with Gasteiger partial charge in [-0.25, -0.2) is 15.0 Å². The van der Waals surface area contributed by atoms with Gasteiger partial charge in [-0.3, -0.25) is 4.85 Å². The molecule has 0 aliphatic carbocycles. The zero-order valence-electron chi connectivity index (χ0n) is 13.4. The molecule has 1 unspecified atom stereocenters. The molecular formula is C17H16ClNO4S. The molecule has 126 valence electrons. The fourth-order valence-corrected chi connectivity index (χ4v) is 3.96. The first-order valence-electron chi connectivity index (χ1n) is 6.93. The van der Waals surface area contributed by atoms with Crippen molar-refractivity contribution in [3.8, 4) is 11.5 Å². The Morgan fingerprint density at radius 2 is 1.75 bits per heavy atom. The molecule has 0 aliphatic heterocycles. The number of aryl methyl sites for hydroxylation is 1. The Morgan fingerprint density at radius 3 is 2.25 bits per heavy atom. The number of hydrogen-bond donors (Lipinski definition) is 0. The molecule has 0 amide bonds. The molecule has 2 aromatic rings. The number of sulfone groups is 1. The molecule has 0 aliphatic rings. The van der Waals surface area contributed by atoms with Crippen molar-refractivity contribution in [3.63, 3.8) is 0 Å². The Labute approximate surface area is 146 Å². The average Bonchev–Trinajstić information content (AvgIpc) is 2.55. The summed E-state index contributed by atoms with van der Waals surface area (Å²) < 4.78 is 35.9. The van der Waals surface area contributed by atoms with E-state index in [-0.39, 0.29) is 21.2 Å². The van der Waals surface area contributed by atoms with Crippen molar-refractivity contribution < 1.29 is 17.9 Å². The van der Waals surface area contributed by atoms with Crippen molar-refractivity contribution in [1.29, 1.82) is 0 Å². The van der Waals surface area contributed by atoms with E-state index in [0.29, 0.717) is 5.75 Å². The van der Waals surface area contributed by atoms with Crippen LogP contribution in [0.5, 0.6) is 11.5 Å². The predicted molar refractivity (Wildman–Crippen MR) is 92.3 cm³/mol. The second kappa shape index (κ2) is 7.12. The molecule has 2 rings (SSSR count). The highest BCUT2D eigenvalue weighted by Crippen LogP contribution is 2.40. The number of rotatable bonds is 5. The Morgan fingerprint density at radius 1 is 1.12 bits per heavy atom. The summed E-state index contributed by atoms with van der Waals surface area (Å²) in [6.45, 7) is 9.23. The fourth-order valence-electron chi connectivity index (χ4n) is 2.26. The molecule has 24 heavy (non-hydrogen) atoms. The number of methoxy groups -OCH3 is 2. The first-order chi connectivity index (χ1) is 11.3. The summed E-state index contributed by atoms with van der Waals surface area (Å²) in [4.78, 5) is 3.39. The summed E-state index contributed by atoms with van der Waals surface area (Å²) in [6, 6.07) is 9.23. The van der Waals surface area contributed by atoms with Gasteiger partial charge in [-0.15, -0.1) is 0 Å². The third kappa shape index (κ3) is 3.32. The second-order valence-electron chi connectivity index (χ2n) is 5.08. The molecule has 7 heteroatoms. The molecule has 0 radical (unpaired) electrons. The van der Waals surface area contributed by atoms with Gasteiger partial charge in [0.25, 0.3) is 9.84 Å². The van der Waals surface area contributed by atoms with Gasteiger partial charge in [-0.1, -0.05) is 29.3 Å². The highest BCUT2D eigenvalue weighted by Gasteiger charge is 2.35. The number of halogens is 1. The molecule has 0 spiro atoms. The minimum absolute atomic E-state index is 0.0833. The smallest absolute Gasteiger partial charge is 0.350 e. The lowest BCUT2D eigenvalue weighted by molar-refractivity contribution is 0.354. The molecule has 5 nitrogen and oxygen atoms in total. The summed E-state index contributed by atoms with van der Waals surface area (Å²) in [5, 5.41) is -1.24. The maximum absolute atomic E-state index is 12.8. The van der Waals surface area contributed by atoms with Gasteiger partial charge in [0.1, 0.15) is 0 Å². The van der Waals surface area contributed by atoms with Crippen LogP contribution in [0.4, 0.5) is 0 Å². The largest absolute Gasteiger partial charge is 0.493 e. The van der Waals surface area contributed by atoms with Crippen molar-refractivity contribution in [3.05, 3.63) is 64.0 Å². The van der Waals surface area contributed by atoms with E-state index in [2.05, 4.69) is 4.85 Å². The first-order valence-corrected chi connectivity index (χ1v) is 8.86. The van der Waals surface area contributed by atoms with Gasteiger partial charge in [0.15, 0.2) is 11.5 Å². The topological polar surface area (TPSA) is 57.0 Å². The van der Waals surface area contributed by atoms with E-state index in [1.807, 2.05) is 6.92 Å². The third-order valence-electron chi connectivity index (χ3n) is 3.50. The molecule has 2 aromatic carbocycles. The quantitative estimate of drug-likeness (QED) is 0.750. The van der Waals surface area contributed by atoms with Crippen molar-refractivity contribution in [1.82, 2.24) is 0 Å². The van der Waals surface area contributed by atoms with Gasteiger partial charge >= 0.3 is 5.37 Å². The predicted octanol–water partition coefficient (Wildman–Crippen LogP) is 4.06. The molecular weight excluding hydrogens is 350 g/mol. The lowest BCUT2D eigenvalue weighted by atomic mass is 10.2. The van der Waals surface area contributed by atoms with Gasteiger partial charge < -0.3 is 9.47 Å². The number of hydrogen-bond acceptors (Lipinski definition) is 4. The van der Waals surface area contributed by atoms with E-state index in [1.54, 1.807) is 12.1 Å². The molecule has 0 N–H and O–H groups in total. The summed E-state index contributed by atoms with van der Waals surface area (Å²) in [6.07, 6.45) is 0. The highest BCUT2D eigenvalue weighted by molar-refractivity contribution is 7.91. The van der Waals surface area contributed by atoms with Crippen LogP contribution in [-0.4, -0.2) is 22.6 Å². The molecule has 0 aromatic heterocycles. The van der Waals surface area contributed by atoms with E-state index in [1.165, 1.54) is 38.5 Å². The van der Waals surface area contributed by atoms with Gasteiger partial charge in [0, 0.05) is 0 Å². The van der Waals surface area contributed by atoms with Crippen molar-refractivity contribution in [2.24, 2.45) is 0 Å². The number of benzene rings is 2. The van der Waals surface area contributed by atoms with Gasteiger partial charge in [0.05, 0.1) is 29.7 Å². The van der Waals surface area contributed by atoms with E-state index in [4.69, 9.17) is 27.6 Å². The standard InChI is InChI=1S/C17H16ClNO4S/c1-11-5-7-13(8-6-11)24(20,21)17(19-2)12-9-14(18)16(23-4)15(10-12)22-3/h5-10,17H,1,3-4H3. The first kappa shape index (κ1) is 18.1. The van der Waals surface area contributed by atoms with Gasteiger partial charge in [-0.05, 0) is 31.2 Å². The Balaban J connectivity index is 2.58. The molecule has 0 saturated heterocycles. The van der Waals surface area contributed by atoms with Crippen LogP contribution in [0, 0.1) is 13.5 Å². The average molecular weight is 366 g/mol. The van der Waals surface area contributed by atoms with Crippen LogP contribution < -0.4 is 9.47 Å². The van der Waals surface area contributed by atoms with Crippen LogP contribution in [0.2, 0.25) is 5.02 Å². The maximum Gasteiger partial charge on any atom is 0.350 e. The normalized spacial score (nSPS) is 12.3. The van der Waals surface area contributed by atoms with Crippen LogP contribution in [-0.2, 0) is 9.84 Å². The Kier molecular flexibility index (Phi) is 5.37. The lowest BCUT2D eigenvalue weighted by Gasteiger charge is -2.13. The zero-order valence-corrected chi connectivity index (χ0v) is 15.0. The van der Waals surface area contributed by atoms with E-state index in [0.717, 1.165) is 5.56 Å². The van der Waals surface area contributed by atoms with E-state index in [9.17, 15) is 8.42 Å². The molecule has 0 fully saturated rings. The maximum atomic E-state index is 12.8. The van der Waals surface area contributed by atoms with Crippen LogP contribution in [0.25, 0.3) is 4.85 Å². The lowest BCUT2D eigenvalue weighted by Crippen LogP contribution is -2.11. The summed E-state index contributed by atoms with van der Waals surface area (Å²) in [5.41, 5.74) is 1.16. The van der Waals surface area contributed by atoms with Crippen LogP contribution in [0.1, 0.15) is 16.5 Å². The molecule has 0 bridgehead atoms. The molecule has 1 atom stereocenters. The highest BCUT2D eigenvalue weighted by atomic mass is 35.5. The van der Waals surface area contributed by atoms with Crippen molar-refractivity contribution >= 4 is 21.4 Å². The minimum Gasteiger partial charge on any atom is -0.493 e. The van der Waals surface area contributed by atoms with Gasteiger partial charge in [-0.2, -0.15) is 0 Å². The van der Waals surface area contributed by atoms with E-state index >= 15 is 0 Å². The zero-order chi connectivity index (χ0) is 17.9. The Hall–Kier alpha value is -2.23. The van der Waals surface area contributed by atoms with Crippen molar-refractivity contribution in [2.75, 3.05) is 14.2 Å². The SMILES string of the molecule is [C-]#[N+]C(c1cc(Cl)c(OC)c(OC)c1)S(=O)(=O)c1ccc(C)cc1. The van der Waals surface area contributed by atoms with E-state index < -0.39 is 15.2 Å². The second-order valence-corrected chi connectivity index (χ2v) is 7.49. The van der Waals surface area contributed by atoms with Crippen molar-refractivity contribution in [2.45, 2.75) is 17.2 Å². The molecule has 0 saturated carbocycles. The number of nitrogens with zero attached hydrogens (tertiary/aromatic N) is 1. The fraction of sp³-hybridized carbons (Fsp3) is 0.235. The molecule has 0 heterocycles. The third-order valence-corrected chi connectivity index (χ3v) is 5.68. The summed E-state index contributed by atoms with van der Waals surface area (Å²) >= 11 is 6.13. The van der Waals surface area contributed by atoms with Crippen LogP contribution in [0.3, 0.4) is 0 Å². The monoisotopic (exact) mass is 365 g/mol. The Bertz CT molecular complexity index is 886. The number of ether oxygens (including phenoxy) is 2. The summed E-state index contributed by atoms with van der Waals surface area (Å²) in [7, 11) is -1.05.